The van der Waals surface area contributed by atoms with Gasteiger partial charge in [-0.25, -0.2) is 4.98 Å². The van der Waals surface area contributed by atoms with Gasteiger partial charge in [0.1, 0.15) is 5.82 Å². The Balaban J connectivity index is 2.16. The van der Waals surface area contributed by atoms with Crippen LogP contribution in [-0.4, -0.2) is 28.3 Å². The first-order chi connectivity index (χ1) is 9.67. The second-order valence-corrected chi connectivity index (χ2v) is 5.23. The summed E-state index contributed by atoms with van der Waals surface area (Å²) in [6, 6.07) is 8.16. The molecule has 2 unspecified atom stereocenters. The minimum Gasteiger partial charge on any atom is -0.377 e. The van der Waals surface area contributed by atoms with Crippen molar-refractivity contribution in [1.29, 1.82) is 0 Å². The molecule has 0 saturated heterocycles. The van der Waals surface area contributed by atoms with Gasteiger partial charge >= 0.3 is 0 Å². The van der Waals surface area contributed by atoms with E-state index in [4.69, 9.17) is 10.5 Å². The standard InChI is InChI=1S/C16H25N3O/c1-4-8-15(20-5-2)12(17)11-16-18-13-9-6-7-10-14(13)19(16)3/h6-7,9-10,12,15H,4-5,8,11,17H2,1-3H3. The maximum Gasteiger partial charge on any atom is 0.111 e. The SMILES string of the molecule is CCCC(OCC)C(N)Cc1nc2ccccc2n1C. The molecule has 2 rings (SSSR count). The van der Waals surface area contributed by atoms with Gasteiger partial charge < -0.3 is 15.0 Å². The first-order valence-electron chi connectivity index (χ1n) is 7.44. The van der Waals surface area contributed by atoms with E-state index in [1.54, 1.807) is 0 Å². The Hall–Kier alpha value is -1.39. The molecule has 0 radical (unpaired) electrons. The van der Waals surface area contributed by atoms with Gasteiger partial charge in [-0.15, -0.1) is 0 Å². The number of ether oxygens (including phenoxy) is 1. The minimum absolute atomic E-state index is 0.00888. The van der Waals surface area contributed by atoms with E-state index < -0.39 is 0 Å². The maximum atomic E-state index is 6.33. The molecule has 1 heterocycles. The lowest BCUT2D eigenvalue weighted by Gasteiger charge is -2.23. The number of hydrogen-bond acceptors (Lipinski definition) is 3. The summed E-state index contributed by atoms with van der Waals surface area (Å²) in [4.78, 5) is 4.68. The number of aryl methyl sites for hydroxylation is 1. The van der Waals surface area contributed by atoms with Crippen molar-refractivity contribution in [2.45, 2.75) is 45.3 Å². The van der Waals surface area contributed by atoms with Crippen molar-refractivity contribution in [2.75, 3.05) is 6.61 Å². The summed E-state index contributed by atoms with van der Waals surface area (Å²) >= 11 is 0. The average molecular weight is 275 g/mol. The highest BCUT2D eigenvalue weighted by Gasteiger charge is 2.20. The zero-order valence-corrected chi connectivity index (χ0v) is 12.7. The van der Waals surface area contributed by atoms with Crippen LogP contribution in [0.25, 0.3) is 11.0 Å². The van der Waals surface area contributed by atoms with Crippen LogP contribution in [0.5, 0.6) is 0 Å². The number of nitrogens with zero attached hydrogens (tertiary/aromatic N) is 2. The lowest BCUT2D eigenvalue weighted by molar-refractivity contribution is 0.0373. The van der Waals surface area contributed by atoms with Crippen LogP contribution >= 0.6 is 0 Å². The Kier molecular flexibility index (Phi) is 5.15. The van der Waals surface area contributed by atoms with Gasteiger partial charge in [-0.1, -0.05) is 25.5 Å². The molecule has 2 atom stereocenters. The fraction of sp³-hybridized carbons (Fsp3) is 0.562. The van der Waals surface area contributed by atoms with Gasteiger partial charge in [0, 0.05) is 26.1 Å². The van der Waals surface area contributed by atoms with E-state index in [1.807, 2.05) is 32.2 Å². The predicted octanol–water partition coefficient (Wildman–Crippen LogP) is 2.65. The second-order valence-electron chi connectivity index (χ2n) is 5.23. The van der Waals surface area contributed by atoms with Crippen LogP contribution in [0.1, 0.15) is 32.5 Å². The van der Waals surface area contributed by atoms with Crippen molar-refractivity contribution in [3.8, 4) is 0 Å². The van der Waals surface area contributed by atoms with Crippen LogP contribution < -0.4 is 5.73 Å². The summed E-state index contributed by atoms with van der Waals surface area (Å²) in [5.41, 5.74) is 8.51. The first kappa shape index (κ1) is 15.0. The summed E-state index contributed by atoms with van der Waals surface area (Å²) in [6.45, 7) is 4.89. The molecule has 0 saturated carbocycles. The summed E-state index contributed by atoms with van der Waals surface area (Å²) < 4.78 is 7.90. The number of imidazole rings is 1. The summed E-state index contributed by atoms with van der Waals surface area (Å²) in [7, 11) is 2.05. The molecule has 0 fully saturated rings. The van der Waals surface area contributed by atoms with Gasteiger partial charge in [0.15, 0.2) is 0 Å². The van der Waals surface area contributed by atoms with E-state index in [9.17, 15) is 0 Å². The van der Waals surface area contributed by atoms with Crippen molar-refractivity contribution in [2.24, 2.45) is 12.8 Å². The number of fused-ring (bicyclic) bond motifs is 1. The van der Waals surface area contributed by atoms with Crippen molar-refractivity contribution in [1.82, 2.24) is 9.55 Å². The van der Waals surface area contributed by atoms with Crippen LogP contribution in [0.15, 0.2) is 24.3 Å². The van der Waals surface area contributed by atoms with Crippen molar-refractivity contribution >= 4 is 11.0 Å². The molecular weight excluding hydrogens is 250 g/mol. The summed E-state index contributed by atoms with van der Waals surface area (Å²) in [6.07, 6.45) is 2.94. The highest BCUT2D eigenvalue weighted by Crippen LogP contribution is 2.17. The van der Waals surface area contributed by atoms with Crippen LogP contribution in [0.3, 0.4) is 0 Å². The van der Waals surface area contributed by atoms with Gasteiger partial charge in [-0.3, -0.25) is 0 Å². The van der Waals surface area contributed by atoms with Gasteiger partial charge in [-0.2, -0.15) is 0 Å². The molecule has 4 heteroatoms. The highest BCUT2D eigenvalue weighted by molar-refractivity contribution is 5.75. The molecule has 0 aliphatic carbocycles. The fourth-order valence-corrected chi connectivity index (χ4v) is 2.64. The Labute approximate surface area is 120 Å². The quantitative estimate of drug-likeness (QED) is 0.845. The normalized spacial score (nSPS) is 14.6. The van der Waals surface area contributed by atoms with Gasteiger partial charge in [0.25, 0.3) is 0 Å². The summed E-state index contributed by atoms with van der Waals surface area (Å²) in [5.74, 6) is 1.03. The van der Waals surface area contributed by atoms with Crippen molar-refractivity contribution < 1.29 is 4.74 Å². The van der Waals surface area contributed by atoms with Crippen LogP contribution in [0, 0.1) is 0 Å². The van der Waals surface area contributed by atoms with E-state index in [0.717, 1.165) is 36.1 Å². The lowest BCUT2D eigenvalue weighted by Crippen LogP contribution is -2.39. The number of benzene rings is 1. The highest BCUT2D eigenvalue weighted by atomic mass is 16.5. The molecule has 1 aromatic heterocycles. The van der Waals surface area contributed by atoms with Gasteiger partial charge in [-0.05, 0) is 25.5 Å². The molecule has 0 bridgehead atoms. The Morgan fingerprint density at radius 3 is 2.70 bits per heavy atom. The minimum atomic E-state index is -0.00888. The lowest BCUT2D eigenvalue weighted by atomic mass is 10.0. The third-order valence-electron chi connectivity index (χ3n) is 3.73. The maximum absolute atomic E-state index is 6.33. The monoisotopic (exact) mass is 275 g/mol. The Bertz CT molecular complexity index is 544. The number of hydrogen-bond donors (Lipinski definition) is 1. The topological polar surface area (TPSA) is 53.1 Å². The van der Waals surface area contributed by atoms with E-state index >= 15 is 0 Å². The molecule has 0 aliphatic heterocycles. The molecule has 0 amide bonds. The molecular formula is C16H25N3O. The number of rotatable bonds is 7. The summed E-state index contributed by atoms with van der Waals surface area (Å²) in [5, 5.41) is 0. The molecule has 110 valence electrons. The van der Waals surface area contributed by atoms with E-state index in [-0.39, 0.29) is 12.1 Å². The molecule has 20 heavy (non-hydrogen) atoms. The number of para-hydroxylation sites is 2. The van der Waals surface area contributed by atoms with Crippen molar-refractivity contribution in [3.05, 3.63) is 30.1 Å². The fourth-order valence-electron chi connectivity index (χ4n) is 2.64. The average Bonchev–Trinajstić information content (AvgIpc) is 2.76. The molecule has 1 aromatic carbocycles. The molecule has 2 N–H and O–H groups in total. The molecule has 4 nitrogen and oxygen atoms in total. The van der Waals surface area contributed by atoms with E-state index in [0.29, 0.717) is 6.61 Å². The van der Waals surface area contributed by atoms with E-state index in [1.165, 1.54) is 0 Å². The largest absolute Gasteiger partial charge is 0.377 e. The van der Waals surface area contributed by atoms with Crippen molar-refractivity contribution in [3.63, 3.8) is 0 Å². The van der Waals surface area contributed by atoms with Gasteiger partial charge in [0.2, 0.25) is 0 Å². The zero-order chi connectivity index (χ0) is 14.5. The van der Waals surface area contributed by atoms with E-state index in [2.05, 4.69) is 22.5 Å². The van der Waals surface area contributed by atoms with Gasteiger partial charge in [0.05, 0.1) is 17.1 Å². The predicted molar refractivity (Wildman–Crippen MR) is 82.7 cm³/mol. The molecule has 2 aromatic rings. The third kappa shape index (κ3) is 3.19. The number of nitrogens with two attached hydrogens (primary N) is 1. The molecule has 0 spiro atoms. The smallest absolute Gasteiger partial charge is 0.111 e. The van der Waals surface area contributed by atoms with Crippen LogP contribution in [-0.2, 0) is 18.2 Å². The third-order valence-corrected chi connectivity index (χ3v) is 3.73. The number of aromatic nitrogens is 2. The Morgan fingerprint density at radius 2 is 2.05 bits per heavy atom. The van der Waals surface area contributed by atoms with Crippen LogP contribution in [0.2, 0.25) is 0 Å². The zero-order valence-electron chi connectivity index (χ0n) is 12.7. The molecule has 0 aliphatic rings. The Morgan fingerprint density at radius 1 is 1.30 bits per heavy atom. The van der Waals surface area contributed by atoms with Crippen LogP contribution in [0.4, 0.5) is 0 Å². The first-order valence-corrected chi connectivity index (χ1v) is 7.44. The second kappa shape index (κ2) is 6.86.